The molecule has 0 fully saturated rings. The first-order valence-electron chi connectivity index (χ1n) is 11.1. The second-order valence-corrected chi connectivity index (χ2v) is 8.60. The van der Waals surface area contributed by atoms with Gasteiger partial charge in [-0.1, -0.05) is 30.3 Å². The highest BCUT2D eigenvalue weighted by Crippen LogP contribution is 2.43. The van der Waals surface area contributed by atoms with Crippen LogP contribution in [0.3, 0.4) is 0 Å². The number of fused-ring (bicyclic) bond motifs is 2. The number of rotatable bonds is 3. The summed E-state index contributed by atoms with van der Waals surface area (Å²) in [5, 5.41) is 2.82. The Hall–Kier alpha value is -4.40. The molecule has 0 atom stereocenters. The number of carbonyl (C=O) groups excluding carboxylic acids is 1. The predicted octanol–water partition coefficient (Wildman–Crippen LogP) is 5.70. The average Bonchev–Trinajstić information content (AvgIpc) is 2.83. The lowest BCUT2D eigenvalue weighted by Crippen LogP contribution is -2.35. The molecule has 36 heavy (non-hydrogen) atoms. The minimum absolute atomic E-state index is 0.0252. The minimum Gasteiger partial charge on any atom is -0.457 e. The van der Waals surface area contributed by atoms with Crippen LogP contribution in [0.1, 0.15) is 44.3 Å². The van der Waals surface area contributed by atoms with Gasteiger partial charge in [0.05, 0.1) is 11.7 Å². The number of carbonyl (C=O) groups is 1. The summed E-state index contributed by atoms with van der Waals surface area (Å²) in [6.07, 6.45) is -3.52. The van der Waals surface area contributed by atoms with Gasteiger partial charge in [0, 0.05) is 22.9 Å². The number of alkyl halides is 3. The van der Waals surface area contributed by atoms with Crippen LogP contribution in [-0.2, 0) is 6.18 Å². The summed E-state index contributed by atoms with van der Waals surface area (Å²) in [5.41, 5.74) is -0.0668. The Labute approximate surface area is 203 Å². The van der Waals surface area contributed by atoms with Crippen molar-refractivity contribution in [3.63, 3.8) is 0 Å². The van der Waals surface area contributed by atoms with E-state index in [0.29, 0.717) is 22.6 Å². The molecule has 5 rings (SSSR count). The summed E-state index contributed by atoms with van der Waals surface area (Å²) in [7, 11) is 0. The van der Waals surface area contributed by atoms with Crippen molar-refractivity contribution in [2.24, 2.45) is 0 Å². The Balaban J connectivity index is 1.60. The average molecular weight is 491 g/mol. The summed E-state index contributed by atoms with van der Waals surface area (Å²) in [6.45, 7) is 3.81. The number of nitrogens with one attached hydrogen (secondary N) is 2. The Morgan fingerprint density at radius 3 is 2.17 bits per heavy atom. The number of benzene rings is 2. The Morgan fingerprint density at radius 1 is 0.972 bits per heavy atom. The van der Waals surface area contributed by atoms with Crippen LogP contribution in [0.2, 0.25) is 0 Å². The second kappa shape index (κ2) is 8.67. The van der Waals surface area contributed by atoms with E-state index in [1.54, 1.807) is 6.07 Å². The van der Waals surface area contributed by atoms with Gasteiger partial charge in [-0.2, -0.15) is 13.2 Å². The number of hydrogen-bond donors (Lipinski definition) is 2. The highest BCUT2D eigenvalue weighted by molar-refractivity contribution is 5.95. The Morgan fingerprint density at radius 2 is 1.61 bits per heavy atom. The van der Waals surface area contributed by atoms with E-state index in [1.807, 2.05) is 55.2 Å². The van der Waals surface area contributed by atoms with Crippen molar-refractivity contribution in [3.05, 3.63) is 111 Å². The molecule has 2 aromatic heterocycles. The molecule has 3 heterocycles. The first-order valence-corrected chi connectivity index (χ1v) is 11.1. The van der Waals surface area contributed by atoms with E-state index in [-0.39, 0.29) is 5.69 Å². The fraction of sp³-hybridized carbons (Fsp3) is 0.148. The maximum atomic E-state index is 13.7. The number of aryl methyl sites for hydroxylation is 2. The van der Waals surface area contributed by atoms with E-state index in [4.69, 9.17) is 4.74 Å². The summed E-state index contributed by atoms with van der Waals surface area (Å²) in [5.74, 6) is 0.273. The molecule has 1 aliphatic rings. The van der Waals surface area contributed by atoms with Gasteiger partial charge in [-0.15, -0.1) is 0 Å². The summed E-state index contributed by atoms with van der Waals surface area (Å²) < 4.78 is 47.2. The van der Waals surface area contributed by atoms with Gasteiger partial charge < -0.3 is 15.0 Å². The van der Waals surface area contributed by atoms with Crippen molar-refractivity contribution < 1.29 is 22.7 Å². The first-order chi connectivity index (χ1) is 17.1. The van der Waals surface area contributed by atoms with Crippen molar-refractivity contribution >= 4 is 5.91 Å². The first kappa shape index (κ1) is 23.3. The van der Waals surface area contributed by atoms with Crippen molar-refractivity contribution in [2.45, 2.75) is 26.1 Å². The molecule has 0 bridgehead atoms. The van der Waals surface area contributed by atoms with E-state index in [9.17, 15) is 22.8 Å². The van der Waals surface area contributed by atoms with E-state index < -0.39 is 40.5 Å². The van der Waals surface area contributed by atoms with Crippen LogP contribution in [0.5, 0.6) is 11.5 Å². The number of pyridine rings is 2. The van der Waals surface area contributed by atoms with Crippen molar-refractivity contribution in [3.8, 4) is 22.8 Å². The van der Waals surface area contributed by atoms with Gasteiger partial charge in [-0.05, 0) is 55.3 Å². The number of nitrogens with zero attached hydrogens (tertiary/aromatic N) is 1. The number of aromatic amines is 1. The fourth-order valence-corrected chi connectivity index (χ4v) is 4.23. The smallest absolute Gasteiger partial charge is 0.432 e. The van der Waals surface area contributed by atoms with Gasteiger partial charge >= 0.3 is 6.18 Å². The SMILES string of the molecule is Cc1ccc2c(c1)Oc1cc(C)ccc1C2NC(=O)c1cc(-c2ccccn2)c(C(F)(F)F)[nH]c1=O. The van der Waals surface area contributed by atoms with E-state index in [2.05, 4.69) is 10.3 Å². The molecule has 2 aromatic carbocycles. The summed E-state index contributed by atoms with van der Waals surface area (Å²) >= 11 is 0. The topological polar surface area (TPSA) is 84.1 Å². The Bertz CT molecular complexity index is 1490. The van der Waals surface area contributed by atoms with Gasteiger partial charge in [0.25, 0.3) is 11.5 Å². The van der Waals surface area contributed by atoms with Crippen molar-refractivity contribution in [1.82, 2.24) is 15.3 Å². The number of H-pyrrole nitrogens is 1. The summed E-state index contributed by atoms with van der Waals surface area (Å²) in [6, 6.07) is 15.7. The molecule has 1 amide bonds. The van der Waals surface area contributed by atoms with Crippen LogP contribution in [0.4, 0.5) is 13.2 Å². The third-order valence-electron chi connectivity index (χ3n) is 5.97. The quantitative estimate of drug-likeness (QED) is 0.385. The van der Waals surface area contributed by atoms with Gasteiger partial charge in [-0.3, -0.25) is 14.6 Å². The van der Waals surface area contributed by atoms with Crippen LogP contribution in [0.25, 0.3) is 11.3 Å². The lowest BCUT2D eigenvalue weighted by Gasteiger charge is -2.29. The van der Waals surface area contributed by atoms with Crippen LogP contribution in [0.15, 0.2) is 71.7 Å². The highest BCUT2D eigenvalue weighted by atomic mass is 19.4. The fourth-order valence-electron chi connectivity index (χ4n) is 4.23. The normalized spacial score (nSPS) is 12.9. The molecule has 2 N–H and O–H groups in total. The molecule has 0 radical (unpaired) electrons. The van der Waals surface area contributed by atoms with Gasteiger partial charge in [0.2, 0.25) is 0 Å². The van der Waals surface area contributed by atoms with Crippen LogP contribution in [0, 0.1) is 13.8 Å². The van der Waals surface area contributed by atoms with Crippen molar-refractivity contribution in [2.75, 3.05) is 0 Å². The molecule has 0 unspecified atom stereocenters. The number of halogens is 3. The third kappa shape index (κ3) is 4.24. The number of ether oxygens (including phenoxy) is 1. The molecule has 6 nitrogen and oxygen atoms in total. The lowest BCUT2D eigenvalue weighted by atomic mass is 9.92. The molecule has 0 aliphatic carbocycles. The largest absolute Gasteiger partial charge is 0.457 e. The number of aromatic nitrogens is 2. The number of amides is 1. The predicted molar refractivity (Wildman–Crippen MR) is 127 cm³/mol. The minimum atomic E-state index is -4.85. The second-order valence-electron chi connectivity index (χ2n) is 8.60. The third-order valence-corrected chi connectivity index (χ3v) is 5.97. The van der Waals surface area contributed by atoms with Gasteiger partial charge in [-0.25, -0.2) is 0 Å². The molecule has 182 valence electrons. The molecule has 4 aromatic rings. The van der Waals surface area contributed by atoms with E-state index in [1.165, 1.54) is 18.3 Å². The molecule has 0 saturated carbocycles. The van der Waals surface area contributed by atoms with E-state index >= 15 is 0 Å². The molecule has 0 saturated heterocycles. The zero-order valence-corrected chi connectivity index (χ0v) is 19.2. The maximum Gasteiger partial charge on any atom is 0.432 e. The number of hydrogen-bond acceptors (Lipinski definition) is 4. The van der Waals surface area contributed by atoms with Gasteiger partial charge in [0.1, 0.15) is 22.8 Å². The van der Waals surface area contributed by atoms with Crippen LogP contribution < -0.4 is 15.6 Å². The van der Waals surface area contributed by atoms with Crippen LogP contribution >= 0.6 is 0 Å². The molecule has 0 spiro atoms. The maximum absolute atomic E-state index is 13.7. The van der Waals surface area contributed by atoms with Crippen LogP contribution in [-0.4, -0.2) is 15.9 Å². The monoisotopic (exact) mass is 491 g/mol. The zero-order chi connectivity index (χ0) is 25.6. The lowest BCUT2D eigenvalue weighted by molar-refractivity contribution is -0.140. The molecule has 1 aliphatic heterocycles. The van der Waals surface area contributed by atoms with Crippen molar-refractivity contribution in [1.29, 1.82) is 0 Å². The molecular weight excluding hydrogens is 471 g/mol. The highest BCUT2D eigenvalue weighted by Gasteiger charge is 2.37. The molecule has 9 heteroatoms. The molecular formula is C27H20F3N3O3. The Kier molecular flexibility index (Phi) is 5.62. The van der Waals surface area contributed by atoms with Gasteiger partial charge in [0.15, 0.2) is 0 Å². The zero-order valence-electron chi connectivity index (χ0n) is 19.2. The standard InChI is InChI=1S/C27H20F3N3O3/c1-14-6-8-16-21(11-14)36-22-12-15(2)7-9-17(22)23(16)32-25(34)19-13-18(20-5-3-4-10-31-20)24(27(28,29)30)33-26(19)35/h3-13,23H,1-2H3,(H,32,34)(H,33,35). The summed E-state index contributed by atoms with van der Waals surface area (Å²) in [4.78, 5) is 31.9. The van der Waals surface area contributed by atoms with E-state index in [0.717, 1.165) is 17.2 Å².